The molecule has 0 unspecified atom stereocenters. The van der Waals surface area contributed by atoms with Crippen LogP contribution in [0, 0.1) is 0 Å². The molecule has 2 aromatic carbocycles. The Bertz CT molecular complexity index is 1350. The van der Waals surface area contributed by atoms with Gasteiger partial charge in [0.05, 0.1) is 19.8 Å². The lowest BCUT2D eigenvalue weighted by Crippen LogP contribution is -2.13. The number of carbonyl (C=O) groups is 1. The van der Waals surface area contributed by atoms with E-state index in [-0.39, 0.29) is 5.91 Å². The number of H-pyrrole nitrogens is 1. The highest BCUT2D eigenvalue weighted by atomic mass is 16.5. The summed E-state index contributed by atoms with van der Waals surface area (Å²) in [5, 5.41) is 7.84. The number of benzene rings is 2. The minimum Gasteiger partial charge on any atom is -0.497 e. The molecule has 8 heteroatoms. The number of furan rings is 1. The van der Waals surface area contributed by atoms with Crippen LogP contribution < -0.4 is 10.1 Å². The van der Waals surface area contributed by atoms with Crippen LogP contribution in [0.4, 0.5) is 5.69 Å². The molecule has 0 saturated heterocycles. The lowest BCUT2D eigenvalue weighted by atomic mass is 10.1. The number of aromatic nitrogens is 3. The van der Waals surface area contributed by atoms with Gasteiger partial charge >= 0.3 is 0 Å². The number of fused-ring (bicyclic) bond motifs is 1. The van der Waals surface area contributed by atoms with Crippen molar-refractivity contribution in [2.45, 2.75) is 6.42 Å². The van der Waals surface area contributed by atoms with Gasteiger partial charge in [0.1, 0.15) is 11.4 Å². The van der Waals surface area contributed by atoms with Crippen LogP contribution in [0.15, 0.2) is 75.9 Å². The smallest absolute Gasteiger partial charge is 0.272 e. The molecule has 0 atom stereocenters. The average Bonchev–Trinajstić information content (AvgIpc) is 3.54. The predicted octanol–water partition coefficient (Wildman–Crippen LogP) is 4.66. The van der Waals surface area contributed by atoms with E-state index in [1.807, 2.05) is 42.5 Å². The third-order valence-corrected chi connectivity index (χ3v) is 4.89. The maximum atomic E-state index is 12.9. The summed E-state index contributed by atoms with van der Waals surface area (Å²) < 4.78 is 15.9. The van der Waals surface area contributed by atoms with Gasteiger partial charge in [0.15, 0.2) is 5.76 Å². The van der Waals surface area contributed by atoms with Crippen molar-refractivity contribution in [3.63, 3.8) is 0 Å². The van der Waals surface area contributed by atoms with E-state index in [1.54, 1.807) is 31.6 Å². The van der Waals surface area contributed by atoms with Crippen LogP contribution in [0.1, 0.15) is 21.9 Å². The topological polar surface area (TPSA) is 106 Å². The summed E-state index contributed by atoms with van der Waals surface area (Å²) in [6, 6.07) is 18.4. The number of para-hydroxylation sites is 1. The van der Waals surface area contributed by atoms with Crippen LogP contribution in [-0.4, -0.2) is 28.1 Å². The molecule has 0 saturated carbocycles. The summed E-state index contributed by atoms with van der Waals surface area (Å²) >= 11 is 0. The van der Waals surface area contributed by atoms with Crippen LogP contribution >= 0.6 is 0 Å². The van der Waals surface area contributed by atoms with Gasteiger partial charge in [-0.25, -0.2) is 0 Å². The summed E-state index contributed by atoms with van der Waals surface area (Å²) in [5.41, 5.74) is 2.80. The zero-order chi connectivity index (χ0) is 21.2. The highest BCUT2D eigenvalue weighted by Gasteiger charge is 2.15. The first kappa shape index (κ1) is 18.7. The molecule has 0 aliphatic heterocycles. The molecule has 0 spiro atoms. The number of methoxy groups -OCH3 is 1. The van der Waals surface area contributed by atoms with Crippen LogP contribution in [0.5, 0.6) is 5.75 Å². The molecule has 31 heavy (non-hydrogen) atoms. The van der Waals surface area contributed by atoms with Crippen molar-refractivity contribution in [1.82, 2.24) is 15.1 Å². The van der Waals surface area contributed by atoms with Gasteiger partial charge < -0.3 is 24.0 Å². The fourth-order valence-electron chi connectivity index (χ4n) is 3.34. The normalized spacial score (nSPS) is 11.0. The van der Waals surface area contributed by atoms with Crippen molar-refractivity contribution in [2.75, 3.05) is 12.4 Å². The highest BCUT2D eigenvalue weighted by Crippen LogP contribution is 2.24. The van der Waals surface area contributed by atoms with Crippen LogP contribution in [0.2, 0.25) is 0 Å². The fraction of sp³-hybridized carbons (Fsp3) is 0.0870. The van der Waals surface area contributed by atoms with E-state index in [1.165, 1.54) is 0 Å². The minimum atomic E-state index is -0.246. The number of rotatable bonds is 6. The Morgan fingerprint density at radius 3 is 2.87 bits per heavy atom. The van der Waals surface area contributed by atoms with E-state index in [4.69, 9.17) is 13.7 Å². The first-order valence-corrected chi connectivity index (χ1v) is 9.62. The third kappa shape index (κ3) is 3.78. The van der Waals surface area contributed by atoms with Gasteiger partial charge in [-0.2, -0.15) is 4.98 Å². The van der Waals surface area contributed by atoms with Crippen molar-refractivity contribution < 1.29 is 18.5 Å². The SMILES string of the molecule is COc1ccc2cc(C(=O)Nc3ccccc3Cc3nc(-c4ccco4)no3)[nH]c2c1. The number of hydrogen-bond acceptors (Lipinski definition) is 6. The first-order valence-electron chi connectivity index (χ1n) is 9.62. The Kier molecular flexibility index (Phi) is 4.72. The first-order chi connectivity index (χ1) is 15.2. The minimum absolute atomic E-state index is 0.246. The molecule has 154 valence electrons. The molecule has 3 heterocycles. The van der Waals surface area contributed by atoms with Crippen LogP contribution in [0.3, 0.4) is 0 Å². The van der Waals surface area contributed by atoms with Gasteiger partial charge in [0, 0.05) is 22.7 Å². The molecule has 0 bridgehead atoms. The molecule has 0 radical (unpaired) electrons. The van der Waals surface area contributed by atoms with Gasteiger partial charge in [-0.1, -0.05) is 23.4 Å². The Balaban J connectivity index is 1.36. The Hall–Kier alpha value is -4.33. The summed E-state index contributed by atoms with van der Waals surface area (Å²) in [6.45, 7) is 0. The summed E-state index contributed by atoms with van der Waals surface area (Å²) in [6.07, 6.45) is 1.92. The van der Waals surface area contributed by atoms with Crippen LogP contribution in [-0.2, 0) is 6.42 Å². The van der Waals surface area contributed by atoms with Crippen molar-refractivity contribution in [3.8, 4) is 17.3 Å². The van der Waals surface area contributed by atoms with Crippen molar-refractivity contribution >= 4 is 22.5 Å². The second-order valence-corrected chi connectivity index (χ2v) is 6.91. The van der Waals surface area contributed by atoms with Gasteiger partial charge in [-0.05, 0) is 42.0 Å². The number of nitrogens with zero attached hydrogens (tertiary/aromatic N) is 2. The standard InChI is InChI=1S/C23H18N4O4/c1-29-16-9-8-15-11-19(24-18(15)13-16)23(28)25-17-6-3-2-5-14(17)12-21-26-22(27-31-21)20-7-4-10-30-20/h2-11,13,24H,12H2,1H3,(H,25,28). The second kappa shape index (κ2) is 7.83. The highest BCUT2D eigenvalue weighted by molar-refractivity contribution is 6.06. The maximum Gasteiger partial charge on any atom is 0.272 e. The summed E-state index contributed by atoms with van der Waals surface area (Å²) in [7, 11) is 1.61. The molecule has 8 nitrogen and oxygen atoms in total. The van der Waals surface area contributed by atoms with Crippen molar-refractivity contribution in [3.05, 3.63) is 84.1 Å². The van der Waals surface area contributed by atoms with E-state index in [2.05, 4.69) is 20.4 Å². The molecule has 5 aromatic rings. The number of anilines is 1. The molecule has 0 aliphatic carbocycles. The van der Waals surface area contributed by atoms with Gasteiger partial charge in [0.2, 0.25) is 11.7 Å². The third-order valence-electron chi connectivity index (χ3n) is 4.89. The van der Waals surface area contributed by atoms with E-state index in [0.717, 1.165) is 22.2 Å². The number of carbonyl (C=O) groups excluding carboxylic acids is 1. The zero-order valence-electron chi connectivity index (χ0n) is 16.6. The van der Waals surface area contributed by atoms with E-state index in [0.29, 0.717) is 35.3 Å². The lowest BCUT2D eigenvalue weighted by Gasteiger charge is -2.09. The van der Waals surface area contributed by atoms with Gasteiger partial charge in [-0.15, -0.1) is 0 Å². The molecular weight excluding hydrogens is 396 g/mol. The molecular formula is C23H18N4O4. The molecule has 0 fully saturated rings. The van der Waals surface area contributed by atoms with Gasteiger partial charge in [0.25, 0.3) is 5.91 Å². The number of amides is 1. The van der Waals surface area contributed by atoms with Crippen molar-refractivity contribution in [1.29, 1.82) is 0 Å². The monoisotopic (exact) mass is 414 g/mol. The fourth-order valence-corrected chi connectivity index (χ4v) is 3.34. The van der Waals surface area contributed by atoms with E-state index >= 15 is 0 Å². The maximum absolute atomic E-state index is 12.9. The number of nitrogens with one attached hydrogen (secondary N) is 2. The summed E-state index contributed by atoms with van der Waals surface area (Å²) in [4.78, 5) is 20.4. The van der Waals surface area contributed by atoms with Gasteiger partial charge in [-0.3, -0.25) is 4.79 Å². The number of aromatic amines is 1. The molecule has 3 aromatic heterocycles. The zero-order valence-corrected chi connectivity index (χ0v) is 16.6. The number of ether oxygens (including phenoxy) is 1. The Morgan fingerprint density at radius 2 is 2.03 bits per heavy atom. The molecule has 1 amide bonds. The van der Waals surface area contributed by atoms with E-state index in [9.17, 15) is 4.79 Å². The van der Waals surface area contributed by atoms with E-state index < -0.39 is 0 Å². The van der Waals surface area contributed by atoms with Crippen LogP contribution in [0.25, 0.3) is 22.5 Å². The van der Waals surface area contributed by atoms with Crippen molar-refractivity contribution in [2.24, 2.45) is 0 Å². The lowest BCUT2D eigenvalue weighted by molar-refractivity contribution is 0.102. The average molecular weight is 414 g/mol. The second-order valence-electron chi connectivity index (χ2n) is 6.91. The Morgan fingerprint density at radius 1 is 1.13 bits per heavy atom. The number of hydrogen-bond donors (Lipinski definition) is 2. The quantitative estimate of drug-likeness (QED) is 0.418. The largest absolute Gasteiger partial charge is 0.497 e. The molecule has 5 rings (SSSR count). The predicted molar refractivity (Wildman–Crippen MR) is 114 cm³/mol. The molecule has 0 aliphatic rings. The molecule has 2 N–H and O–H groups in total. The summed E-state index contributed by atoms with van der Waals surface area (Å²) in [5.74, 6) is 1.82. The Labute approximate surface area is 176 Å².